The van der Waals surface area contributed by atoms with Crippen molar-refractivity contribution in [3.63, 3.8) is 0 Å². The second-order valence-corrected chi connectivity index (χ2v) is 3.63. The van der Waals surface area contributed by atoms with Crippen LogP contribution in [0.4, 0.5) is 0 Å². The van der Waals surface area contributed by atoms with Gasteiger partial charge in [-0.05, 0) is 27.7 Å². The minimum atomic E-state index is -0.789. The van der Waals surface area contributed by atoms with Crippen molar-refractivity contribution < 1.29 is 18.4 Å². The third kappa shape index (κ3) is 2.85. The fourth-order valence-electron chi connectivity index (χ4n) is 0.950. The average Bonchev–Trinajstić information content (AvgIpc) is 2.52. The van der Waals surface area contributed by atoms with E-state index in [4.69, 9.17) is 4.74 Å². The number of ether oxygens (including phenoxy) is 1. The van der Waals surface area contributed by atoms with Crippen LogP contribution in [0.1, 0.15) is 32.3 Å². The van der Waals surface area contributed by atoms with E-state index < -0.39 is 11.8 Å². The Hall–Kier alpha value is -1.78. The lowest BCUT2D eigenvalue weighted by molar-refractivity contribution is -0.140. The number of hydrogen-bond donors (Lipinski definition) is 0. The van der Waals surface area contributed by atoms with Gasteiger partial charge in [0.15, 0.2) is 18.1 Å². The molecule has 1 aromatic rings. The van der Waals surface area contributed by atoms with E-state index in [-0.39, 0.29) is 12.4 Å². The lowest BCUT2D eigenvalue weighted by Crippen LogP contribution is -2.07. The summed E-state index contributed by atoms with van der Waals surface area (Å²) < 4.78 is 14.3. The normalized spacial score (nSPS) is 10.0. The highest BCUT2D eigenvalue weighted by molar-refractivity contribution is 5.88. The third-order valence-electron chi connectivity index (χ3n) is 2.23. The Balaban J connectivity index is 2.66. The SMILES string of the molecule is CC(C)=C(C)C(=O)OCc1oc(=O)oc1C. The molecule has 0 saturated carbocycles. The highest BCUT2D eigenvalue weighted by atomic mass is 16.6. The van der Waals surface area contributed by atoms with E-state index in [0.717, 1.165) is 5.57 Å². The number of carbonyl (C=O) groups is 1. The Labute approximate surface area is 92.7 Å². The van der Waals surface area contributed by atoms with E-state index in [1.165, 1.54) is 0 Å². The van der Waals surface area contributed by atoms with Gasteiger partial charge in [-0.15, -0.1) is 0 Å². The van der Waals surface area contributed by atoms with Gasteiger partial charge in [0.25, 0.3) is 0 Å². The van der Waals surface area contributed by atoms with E-state index in [0.29, 0.717) is 11.3 Å². The smallest absolute Gasteiger partial charge is 0.454 e. The van der Waals surface area contributed by atoms with Crippen LogP contribution in [0.3, 0.4) is 0 Å². The van der Waals surface area contributed by atoms with E-state index in [9.17, 15) is 9.59 Å². The molecule has 88 valence electrons. The summed E-state index contributed by atoms with van der Waals surface area (Å²) in [6, 6.07) is 0. The molecule has 1 heterocycles. The Kier molecular flexibility index (Phi) is 3.71. The molecule has 0 fully saturated rings. The van der Waals surface area contributed by atoms with Crippen molar-refractivity contribution in [3.05, 3.63) is 33.3 Å². The molecular formula is C11H14O5. The second-order valence-electron chi connectivity index (χ2n) is 3.63. The van der Waals surface area contributed by atoms with Crippen LogP contribution in [-0.4, -0.2) is 5.97 Å². The molecule has 5 heteroatoms. The first-order valence-electron chi connectivity index (χ1n) is 4.82. The monoisotopic (exact) mass is 226 g/mol. The van der Waals surface area contributed by atoms with Crippen LogP contribution >= 0.6 is 0 Å². The Bertz CT molecular complexity index is 471. The molecule has 0 radical (unpaired) electrons. The van der Waals surface area contributed by atoms with E-state index in [1.54, 1.807) is 13.8 Å². The quantitative estimate of drug-likeness (QED) is 0.581. The molecule has 0 spiro atoms. The molecule has 1 aromatic heterocycles. The second kappa shape index (κ2) is 4.83. The largest absolute Gasteiger partial charge is 0.519 e. The van der Waals surface area contributed by atoms with Crippen LogP contribution in [0, 0.1) is 6.92 Å². The molecule has 0 amide bonds. The van der Waals surface area contributed by atoms with Crippen molar-refractivity contribution in [2.24, 2.45) is 0 Å². The molecule has 0 aromatic carbocycles. The minimum Gasteiger partial charge on any atom is -0.454 e. The summed E-state index contributed by atoms with van der Waals surface area (Å²) in [7, 11) is 0. The van der Waals surface area contributed by atoms with Gasteiger partial charge in [-0.25, -0.2) is 9.59 Å². The van der Waals surface area contributed by atoms with Gasteiger partial charge in [0.1, 0.15) is 0 Å². The number of hydrogen-bond acceptors (Lipinski definition) is 5. The molecule has 1 rings (SSSR count). The molecule has 5 nitrogen and oxygen atoms in total. The Morgan fingerprint density at radius 2 is 1.88 bits per heavy atom. The molecule has 0 saturated heterocycles. The van der Waals surface area contributed by atoms with Crippen molar-refractivity contribution in [1.29, 1.82) is 0 Å². The molecule has 0 aliphatic rings. The van der Waals surface area contributed by atoms with Gasteiger partial charge in [-0.1, -0.05) is 5.57 Å². The molecule has 0 N–H and O–H groups in total. The van der Waals surface area contributed by atoms with Crippen LogP contribution in [0.5, 0.6) is 0 Å². The average molecular weight is 226 g/mol. The van der Waals surface area contributed by atoms with E-state index in [1.807, 2.05) is 13.8 Å². The van der Waals surface area contributed by atoms with Crippen molar-refractivity contribution in [3.8, 4) is 0 Å². The summed E-state index contributed by atoms with van der Waals surface area (Å²) in [5, 5.41) is 0. The van der Waals surface area contributed by atoms with Gasteiger partial charge >= 0.3 is 11.8 Å². The number of rotatable bonds is 3. The maximum Gasteiger partial charge on any atom is 0.519 e. The molecule has 0 aliphatic carbocycles. The summed E-state index contributed by atoms with van der Waals surface area (Å²) in [4.78, 5) is 22.2. The number of aryl methyl sites for hydroxylation is 1. The molecule has 16 heavy (non-hydrogen) atoms. The van der Waals surface area contributed by atoms with Crippen molar-refractivity contribution in [2.45, 2.75) is 34.3 Å². The van der Waals surface area contributed by atoms with Crippen LogP contribution in [-0.2, 0) is 16.1 Å². The fraction of sp³-hybridized carbons (Fsp3) is 0.455. The standard InChI is InChI=1S/C11H14O5/c1-6(2)7(3)10(12)14-5-9-8(4)15-11(13)16-9/h5H2,1-4H3. The first-order valence-corrected chi connectivity index (χ1v) is 4.82. The van der Waals surface area contributed by atoms with Crippen LogP contribution in [0.2, 0.25) is 0 Å². The summed E-state index contributed by atoms with van der Waals surface area (Å²) in [5.41, 5.74) is 1.43. The Morgan fingerprint density at radius 3 is 2.31 bits per heavy atom. The zero-order valence-corrected chi connectivity index (χ0v) is 9.75. The van der Waals surface area contributed by atoms with Crippen molar-refractivity contribution in [2.75, 3.05) is 0 Å². The van der Waals surface area contributed by atoms with Gasteiger partial charge in [0.05, 0.1) is 0 Å². The number of esters is 1. The minimum absolute atomic E-state index is 0.0962. The van der Waals surface area contributed by atoms with E-state index >= 15 is 0 Å². The summed E-state index contributed by atoms with van der Waals surface area (Å²) in [6.45, 7) is 6.79. The zero-order valence-electron chi connectivity index (χ0n) is 9.75. The third-order valence-corrected chi connectivity index (χ3v) is 2.23. The summed E-state index contributed by atoms with van der Waals surface area (Å²) in [5.74, 6) is -0.654. The summed E-state index contributed by atoms with van der Waals surface area (Å²) >= 11 is 0. The van der Waals surface area contributed by atoms with Crippen molar-refractivity contribution in [1.82, 2.24) is 0 Å². The van der Waals surface area contributed by atoms with Gasteiger partial charge in [-0.2, -0.15) is 0 Å². The number of carbonyl (C=O) groups excluding carboxylic acids is 1. The van der Waals surface area contributed by atoms with Gasteiger partial charge < -0.3 is 13.6 Å². The molecule has 0 atom stereocenters. The lowest BCUT2D eigenvalue weighted by Gasteiger charge is -2.04. The number of allylic oxidation sites excluding steroid dienone is 1. The van der Waals surface area contributed by atoms with Crippen LogP contribution in [0.25, 0.3) is 0 Å². The van der Waals surface area contributed by atoms with Gasteiger partial charge in [0.2, 0.25) is 0 Å². The van der Waals surface area contributed by atoms with E-state index in [2.05, 4.69) is 8.83 Å². The molecule has 0 aliphatic heterocycles. The van der Waals surface area contributed by atoms with Gasteiger partial charge in [0, 0.05) is 5.57 Å². The molecule has 0 bridgehead atoms. The van der Waals surface area contributed by atoms with Crippen LogP contribution < -0.4 is 5.82 Å². The fourth-order valence-corrected chi connectivity index (χ4v) is 0.950. The first-order chi connectivity index (χ1) is 7.41. The first kappa shape index (κ1) is 12.3. The maximum atomic E-state index is 11.4. The highest BCUT2D eigenvalue weighted by Crippen LogP contribution is 2.09. The lowest BCUT2D eigenvalue weighted by atomic mass is 10.2. The van der Waals surface area contributed by atoms with Crippen LogP contribution in [0.15, 0.2) is 24.8 Å². The summed E-state index contributed by atoms with van der Waals surface area (Å²) in [6.07, 6.45) is 0. The topological polar surface area (TPSA) is 69.7 Å². The van der Waals surface area contributed by atoms with Gasteiger partial charge in [-0.3, -0.25) is 0 Å². The maximum absolute atomic E-state index is 11.4. The predicted octanol–water partition coefficient (Wildman–Crippen LogP) is 1.94. The Morgan fingerprint density at radius 1 is 1.25 bits per heavy atom. The predicted molar refractivity (Wildman–Crippen MR) is 55.8 cm³/mol. The van der Waals surface area contributed by atoms with Crippen molar-refractivity contribution >= 4 is 5.97 Å². The molecular weight excluding hydrogens is 212 g/mol. The highest BCUT2D eigenvalue weighted by Gasteiger charge is 2.12. The zero-order chi connectivity index (χ0) is 12.3. The molecule has 0 unspecified atom stereocenters.